The minimum absolute atomic E-state index is 0. The molecule has 1 saturated heterocycles. The Labute approximate surface area is 204 Å². The van der Waals surface area contributed by atoms with E-state index in [1.807, 2.05) is 30.3 Å². The van der Waals surface area contributed by atoms with Crippen molar-refractivity contribution in [2.75, 3.05) is 19.8 Å². The zero-order valence-electron chi connectivity index (χ0n) is 19.7. The number of halogens is 1. The molecular formula is C25H32ClN5O3. The number of morpholine rings is 1. The first kappa shape index (κ1) is 25.7. The zero-order chi connectivity index (χ0) is 23.4. The summed E-state index contributed by atoms with van der Waals surface area (Å²) in [6.45, 7) is 8.45. The van der Waals surface area contributed by atoms with E-state index in [0.29, 0.717) is 12.3 Å². The van der Waals surface area contributed by atoms with Crippen LogP contribution in [0.2, 0.25) is 0 Å². The van der Waals surface area contributed by atoms with Crippen LogP contribution in [-0.2, 0) is 4.74 Å². The zero-order valence-corrected chi connectivity index (χ0v) is 20.5. The lowest BCUT2D eigenvalue weighted by atomic mass is 9.96. The number of nitrogens with zero attached hydrogens (tertiary/aromatic N) is 1. The molecule has 1 aromatic carbocycles. The Morgan fingerprint density at radius 3 is 2.32 bits per heavy atom. The van der Waals surface area contributed by atoms with Gasteiger partial charge in [0.15, 0.2) is 0 Å². The molecule has 2 aromatic heterocycles. The van der Waals surface area contributed by atoms with Crippen molar-refractivity contribution in [2.24, 2.45) is 0 Å². The monoisotopic (exact) mass is 485 g/mol. The third-order valence-electron chi connectivity index (χ3n) is 5.96. The van der Waals surface area contributed by atoms with Crippen molar-refractivity contribution in [3.63, 3.8) is 0 Å². The largest absolute Gasteiger partial charge is 0.378 e. The fraction of sp³-hybridized carbons (Fsp3) is 0.400. The van der Waals surface area contributed by atoms with Gasteiger partial charge >= 0.3 is 0 Å². The van der Waals surface area contributed by atoms with Crippen LogP contribution in [0.4, 0.5) is 0 Å². The quantitative estimate of drug-likeness (QED) is 0.422. The van der Waals surface area contributed by atoms with Gasteiger partial charge < -0.3 is 25.0 Å². The molecule has 0 radical (unpaired) electrons. The van der Waals surface area contributed by atoms with Crippen LogP contribution in [0.25, 0.3) is 12.2 Å². The smallest absolute Gasteiger partial charge is 0.272 e. The Kier molecular flexibility index (Phi) is 8.66. The number of ether oxygens (including phenoxy) is 1. The molecule has 1 aliphatic heterocycles. The molecule has 34 heavy (non-hydrogen) atoms. The summed E-state index contributed by atoms with van der Waals surface area (Å²) in [5.41, 5.74) is 1.70. The van der Waals surface area contributed by atoms with E-state index in [-0.39, 0.29) is 52.1 Å². The van der Waals surface area contributed by atoms with Crippen molar-refractivity contribution in [1.82, 2.24) is 25.3 Å². The van der Waals surface area contributed by atoms with Crippen LogP contribution in [0, 0.1) is 0 Å². The van der Waals surface area contributed by atoms with E-state index in [9.17, 15) is 9.59 Å². The molecule has 3 aromatic rings. The lowest BCUT2D eigenvalue weighted by Crippen LogP contribution is -2.46. The number of hydrogen-bond acceptors (Lipinski definition) is 5. The lowest BCUT2D eigenvalue weighted by molar-refractivity contribution is 0.0664. The second kappa shape index (κ2) is 11.5. The van der Waals surface area contributed by atoms with Crippen molar-refractivity contribution in [1.29, 1.82) is 0 Å². The Balaban J connectivity index is 0.00000324. The Hall–Kier alpha value is -2.94. The van der Waals surface area contributed by atoms with E-state index in [1.165, 1.54) is 0 Å². The topological polar surface area (TPSA) is 116 Å². The number of H-pyrrole nitrogens is 3. The maximum Gasteiger partial charge on any atom is 0.272 e. The van der Waals surface area contributed by atoms with Crippen LogP contribution in [0.5, 0.6) is 0 Å². The number of benzene rings is 1. The number of aromatic amines is 3. The summed E-state index contributed by atoms with van der Waals surface area (Å²) in [7, 11) is 0. The Morgan fingerprint density at radius 1 is 1.06 bits per heavy atom. The summed E-state index contributed by atoms with van der Waals surface area (Å²) >= 11 is 0. The highest BCUT2D eigenvalue weighted by Crippen LogP contribution is 2.26. The van der Waals surface area contributed by atoms with E-state index < -0.39 is 0 Å². The minimum Gasteiger partial charge on any atom is -0.378 e. The lowest BCUT2D eigenvalue weighted by Gasteiger charge is -2.29. The number of hydrogen-bond donors (Lipinski definition) is 4. The van der Waals surface area contributed by atoms with Crippen LogP contribution in [-0.4, -0.2) is 45.7 Å². The average Bonchev–Trinajstić information content (AvgIpc) is 3.23. The van der Waals surface area contributed by atoms with Gasteiger partial charge in [0, 0.05) is 24.2 Å². The first-order valence-corrected chi connectivity index (χ1v) is 11.5. The maximum atomic E-state index is 12.8. The van der Waals surface area contributed by atoms with Crippen LogP contribution in [0.15, 0.2) is 39.9 Å². The summed E-state index contributed by atoms with van der Waals surface area (Å²) < 4.78 is 5.65. The fourth-order valence-electron chi connectivity index (χ4n) is 4.21. The predicted molar refractivity (Wildman–Crippen MR) is 136 cm³/mol. The molecule has 182 valence electrons. The van der Waals surface area contributed by atoms with Gasteiger partial charge in [-0.1, -0.05) is 51.1 Å². The molecule has 0 spiro atoms. The molecule has 0 amide bonds. The highest BCUT2D eigenvalue weighted by molar-refractivity contribution is 5.85. The van der Waals surface area contributed by atoms with Gasteiger partial charge in [-0.25, -0.2) is 4.98 Å². The first-order chi connectivity index (χ1) is 16.0. The molecule has 4 N–H and O–H groups in total. The van der Waals surface area contributed by atoms with Gasteiger partial charge in [-0.3, -0.25) is 9.59 Å². The summed E-state index contributed by atoms with van der Waals surface area (Å²) in [4.78, 5) is 39.2. The highest BCUT2D eigenvalue weighted by Gasteiger charge is 2.27. The van der Waals surface area contributed by atoms with Gasteiger partial charge in [-0.15, -0.1) is 12.4 Å². The number of aromatic nitrogens is 4. The van der Waals surface area contributed by atoms with Gasteiger partial charge in [-0.05, 0) is 30.1 Å². The molecule has 2 atom stereocenters. The van der Waals surface area contributed by atoms with Crippen molar-refractivity contribution in [3.8, 4) is 0 Å². The molecule has 8 nitrogen and oxygen atoms in total. The van der Waals surface area contributed by atoms with E-state index in [2.05, 4.69) is 41.0 Å². The van der Waals surface area contributed by atoms with E-state index >= 15 is 0 Å². The normalized spacial score (nSPS) is 18.2. The van der Waals surface area contributed by atoms with Crippen molar-refractivity contribution >= 4 is 24.6 Å². The summed E-state index contributed by atoms with van der Waals surface area (Å²) in [6, 6.07) is 9.57. The van der Waals surface area contributed by atoms with E-state index in [4.69, 9.17) is 9.72 Å². The molecular weight excluding hydrogens is 454 g/mol. The van der Waals surface area contributed by atoms with Crippen molar-refractivity contribution in [3.05, 3.63) is 84.5 Å². The molecule has 0 saturated carbocycles. The molecule has 3 heterocycles. The van der Waals surface area contributed by atoms with Gasteiger partial charge in [0.05, 0.1) is 18.9 Å². The molecule has 1 aliphatic rings. The average molecular weight is 486 g/mol. The first-order valence-electron chi connectivity index (χ1n) is 11.5. The Morgan fingerprint density at radius 2 is 1.74 bits per heavy atom. The standard InChI is InChI=1S/C25H31N5O3.ClH/c1-4-17(21-14-33-11-10-26-21)23-27-18(22(30-23)15(2)3)13-20-25(32)28-19(24(31)29-20)12-16-8-6-5-7-9-16;/h5-9,12-13,15,17,21,26H,4,10-11,14H2,1-3H3,(H,27,30)(H,28,32)(H,29,31);1H/b19-12-,20-13-;. The van der Waals surface area contributed by atoms with Gasteiger partial charge in [0.1, 0.15) is 16.5 Å². The SMILES string of the molecule is CCC(c1nc(/C=c2\[nH]c(=O)/c(=C/c3ccccc3)[nH]c2=O)c(C(C)C)[nH]1)C1COCCN1.Cl. The highest BCUT2D eigenvalue weighted by atomic mass is 35.5. The summed E-state index contributed by atoms with van der Waals surface area (Å²) in [6.07, 6.45) is 4.20. The van der Waals surface area contributed by atoms with Gasteiger partial charge in [-0.2, -0.15) is 0 Å². The molecule has 0 bridgehead atoms. The number of imidazole rings is 1. The third kappa shape index (κ3) is 5.75. The fourth-order valence-corrected chi connectivity index (χ4v) is 4.21. The van der Waals surface area contributed by atoms with Crippen LogP contribution < -0.4 is 27.1 Å². The third-order valence-corrected chi connectivity index (χ3v) is 5.96. The van der Waals surface area contributed by atoms with Crippen molar-refractivity contribution < 1.29 is 4.74 Å². The van der Waals surface area contributed by atoms with Gasteiger partial charge in [0.25, 0.3) is 11.1 Å². The van der Waals surface area contributed by atoms with E-state index in [1.54, 1.807) is 12.2 Å². The minimum atomic E-state index is -0.370. The second-order valence-electron chi connectivity index (χ2n) is 8.66. The van der Waals surface area contributed by atoms with Crippen LogP contribution in [0.3, 0.4) is 0 Å². The maximum absolute atomic E-state index is 12.8. The predicted octanol–water partition coefficient (Wildman–Crippen LogP) is 1.47. The summed E-state index contributed by atoms with van der Waals surface area (Å²) in [5, 5.41) is 3.91. The summed E-state index contributed by atoms with van der Waals surface area (Å²) in [5.74, 6) is 1.19. The molecule has 4 rings (SSSR count). The van der Waals surface area contributed by atoms with Crippen LogP contribution >= 0.6 is 12.4 Å². The molecule has 0 aliphatic carbocycles. The van der Waals surface area contributed by atoms with Crippen molar-refractivity contribution in [2.45, 2.75) is 45.1 Å². The molecule has 9 heteroatoms. The van der Waals surface area contributed by atoms with Crippen LogP contribution in [0.1, 0.15) is 61.8 Å². The van der Waals surface area contributed by atoms with Gasteiger partial charge in [0.2, 0.25) is 0 Å². The molecule has 1 fully saturated rings. The number of nitrogens with one attached hydrogen (secondary N) is 4. The van der Waals surface area contributed by atoms with E-state index in [0.717, 1.165) is 36.7 Å². The molecule has 2 unspecified atom stereocenters. The Bertz CT molecular complexity index is 1320. The number of rotatable bonds is 6. The second-order valence-corrected chi connectivity index (χ2v) is 8.66.